The molecule has 0 unspecified atom stereocenters. The first-order valence-corrected chi connectivity index (χ1v) is 7.60. The van der Waals surface area contributed by atoms with Crippen molar-refractivity contribution < 1.29 is 4.79 Å². The van der Waals surface area contributed by atoms with Crippen LogP contribution in [-0.4, -0.2) is 42.5 Å². The molecule has 0 radical (unpaired) electrons. The molecule has 1 fully saturated rings. The number of carbonyl (C=O) groups excluding carboxylic acids is 1. The van der Waals surface area contributed by atoms with E-state index in [0.717, 1.165) is 19.5 Å². The number of halogens is 2. The van der Waals surface area contributed by atoms with Crippen LogP contribution >= 0.6 is 23.2 Å². The van der Waals surface area contributed by atoms with E-state index in [1.54, 1.807) is 0 Å². The number of hydrogen-bond donors (Lipinski definition) is 1. The van der Waals surface area contributed by atoms with Gasteiger partial charge < -0.3 is 10.2 Å². The van der Waals surface area contributed by atoms with Gasteiger partial charge in [-0.15, -0.1) is 0 Å². The summed E-state index contributed by atoms with van der Waals surface area (Å²) >= 11 is 11.6. The first kappa shape index (κ1) is 15.5. The molecule has 0 bridgehead atoms. The van der Waals surface area contributed by atoms with Crippen molar-refractivity contribution in [3.63, 3.8) is 0 Å². The number of carbonyl (C=O) groups is 1. The highest BCUT2D eigenvalue weighted by Crippen LogP contribution is 2.19. The molecule has 1 aliphatic rings. The number of rotatable bonds is 4. The smallest absolute Gasteiger partial charge is 0.251 e. The molecule has 20 heavy (non-hydrogen) atoms. The van der Waals surface area contributed by atoms with Gasteiger partial charge in [-0.3, -0.25) is 4.79 Å². The monoisotopic (exact) mass is 315 g/mol. The maximum atomic E-state index is 12.0. The van der Waals surface area contributed by atoms with Crippen LogP contribution in [-0.2, 0) is 0 Å². The molecule has 0 atom stereocenters. The van der Waals surface area contributed by atoms with E-state index in [0.29, 0.717) is 18.0 Å². The van der Waals surface area contributed by atoms with Crippen molar-refractivity contribution in [3.8, 4) is 0 Å². The zero-order valence-electron chi connectivity index (χ0n) is 11.5. The molecule has 1 saturated heterocycles. The third kappa shape index (κ3) is 4.62. The lowest BCUT2D eigenvalue weighted by atomic mass is 9.94. The Balaban J connectivity index is 1.77. The van der Waals surface area contributed by atoms with Crippen LogP contribution in [0.1, 0.15) is 29.6 Å². The Morgan fingerprint density at radius 2 is 1.95 bits per heavy atom. The molecule has 1 aromatic rings. The fourth-order valence-electron chi connectivity index (χ4n) is 2.44. The molecule has 6 heteroatoms. The molecule has 0 saturated carbocycles. The van der Waals surface area contributed by atoms with Gasteiger partial charge in [-0.25, -0.2) is 4.98 Å². The summed E-state index contributed by atoms with van der Waals surface area (Å²) in [5, 5.41) is 3.38. The van der Waals surface area contributed by atoms with Gasteiger partial charge in [-0.2, -0.15) is 0 Å². The highest BCUT2D eigenvalue weighted by atomic mass is 35.5. The quantitative estimate of drug-likeness (QED) is 0.869. The number of likely N-dealkylation sites (tertiary alicyclic amines) is 1. The van der Waals surface area contributed by atoms with Gasteiger partial charge in [0.2, 0.25) is 0 Å². The normalized spacial score (nSPS) is 17.1. The maximum Gasteiger partial charge on any atom is 0.251 e. The van der Waals surface area contributed by atoms with E-state index < -0.39 is 0 Å². The topological polar surface area (TPSA) is 45.2 Å². The van der Waals surface area contributed by atoms with Gasteiger partial charge in [-0.1, -0.05) is 23.2 Å². The lowest BCUT2D eigenvalue weighted by molar-refractivity contribution is 0.0949. The fraction of sp³-hybridized carbons (Fsp3) is 0.571. The van der Waals surface area contributed by atoms with Crippen molar-refractivity contribution in [2.24, 2.45) is 5.92 Å². The molecule has 1 aliphatic heterocycles. The minimum Gasteiger partial charge on any atom is -0.352 e. The SMILES string of the molecule is CN1CCC(CCNC(=O)c2cc(Cl)nc(Cl)c2)CC1. The Morgan fingerprint density at radius 3 is 2.55 bits per heavy atom. The Morgan fingerprint density at radius 1 is 1.35 bits per heavy atom. The van der Waals surface area contributed by atoms with Crippen LogP contribution < -0.4 is 5.32 Å². The van der Waals surface area contributed by atoms with E-state index in [9.17, 15) is 4.79 Å². The third-order valence-electron chi connectivity index (χ3n) is 3.70. The summed E-state index contributed by atoms with van der Waals surface area (Å²) in [6, 6.07) is 3.05. The van der Waals surface area contributed by atoms with E-state index >= 15 is 0 Å². The number of nitrogens with one attached hydrogen (secondary N) is 1. The molecular weight excluding hydrogens is 297 g/mol. The van der Waals surface area contributed by atoms with Crippen molar-refractivity contribution in [1.29, 1.82) is 0 Å². The van der Waals surface area contributed by atoms with E-state index in [-0.39, 0.29) is 16.2 Å². The first-order chi connectivity index (χ1) is 9.54. The molecule has 0 aliphatic carbocycles. The second-order valence-electron chi connectivity index (χ2n) is 5.29. The standard InChI is InChI=1S/C14H19Cl2N3O/c1-19-6-3-10(4-7-19)2-5-17-14(20)11-8-12(15)18-13(16)9-11/h8-10H,2-7H2,1H3,(H,17,20). The Labute approximate surface area is 129 Å². The van der Waals surface area contributed by atoms with Crippen molar-refractivity contribution >= 4 is 29.1 Å². The average Bonchev–Trinajstić information content (AvgIpc) is 2.40. The predicted octanol–water partition coefficient (Wildman–Crippen LogP) is 2.85. The molecule has 0 aromatic carbocycles. The summed E-state index contributed by atoms with van der Waals surface area (Å²) < 4.78 is 0. The minimum absolute atomic E-state index is 0.149. The molecule has 1 N–H and O–H groups in total. The molecule has 1 amide bonds. The Kier molecular flexibility index (Phi) is 5.64. The minimum atomic E-state index is -0.149. The Hall–Kier alpha value is -0.840. The van der Waals surface area contributed by atoms with E-state index in [1.165, 1.54) is 25.0 Å². The van der Waals surface area contributed by atoms with Gasteiger partial charge in [0.1, 0.15) is 10.3 Å². The summed E-state index contributed by atoms with van der Waals surface area (Å²) in [4.78, 5) is 18.1. The first-order valence-electron chi connectivity index (χ1n) is 6.84. The number of pyridine rings is 1. The van der Waals surface area contributed by atoms with Crippen LogP contribution in [0.15, 0.2) is 12.1 Å². The van der Waals surface area contributed by atoms with Crippen LogP contribution in [0.5, 0.6) is 0 Å². The van der Waals surface area contributed by atoms with Gasteiger partial charge >= 0.3 is 0 Å². The molecule has 0 spiro atoms. The van der Waals surface area contributed by atoms with Crippen molar-refractivity contribution in [1.82, 2.24) is 15.2 Å². The van der Waals surface area contributed by atoms with Crippen molar-refractivity contribution in [3.05, 3.63) is 28.0 Å². The number of nitrogens with zero attached hydrogens (tertiary/aromatic N) is 2. The summed E-state index contributed by atoms with van der Waals surface area (Å²) in [6.07, 6.45) is 3.44. The largest absolute Gasteiger partial charge is 0.352 e. The number of amides is 1. The van der Waals surface area contributed by atoms with Crippen molar-refractivity contribution in [2.75, 3.05) is 26.7 Å². The van der Waals surface area contributed by atoms with E-state index in [4.69, 9.17) is 23.2 Å². The highest BCUT2D eigenvalue weighted by molar-refractivity contribution is 6.33. The van der Waals surface area contributed by atoms with Gasteiger partial charge in [-0.05, 0) is 57.5 Å². The van der Waals surface area contributed by atoms with Crippen LogP contribution in [0, 0.1) is 5.92 Å². The molecular formula is C14H19Cl2N3O. The molecule has 1 aromatic heterocycles. The molecule has 2 heterocycles. The van der Waals surface area contributed by atoms with E-state index in [2.05, 4.69) is 22.2 Å². The fourth-order valence-corrected chi connectivity index (χ4v) is 2.90. The van der Waals surface area contributed by atoms with Crippen molar-refractivity contribution in [2.45, 2.75) is 19.3 Å². The average molecular weight is 316 g/mol. The number of piperidine rings is 1. The van der Waals surface area contributed by atoms with Crippen LogP contribution in [0.2, 0.25) is 10.3 Å². The molecule has 4 nitrogen and oxygen atoms in total. The second kappa shape index (κ2) is 7.25. The predicted molar refractivity (Wildman–Crippen MR) is 81.4 cm³/mol. The Bertz CT molecular complexity index is 453. The number of hydrogen-bond acceptors (Lipinski definition) is 3. The number of aromatic nitrogens is 1. The van der Waals surface area contributed by atoms with Gasteiger partial charge in [0.25, 0.3) is 5.91 Å². The van der Waals surface area contributed by atoms with Crippen LogP contribution in [0.3, 0.4) is 0 Å². The van der Waals surface area contributed by atoms with Gasteiger partial charge in [0.15, 0.2) is 0 Å². The van der Waals surface area contributed by atoms with Gasteiger partial charge in [0.05, 0.1) is 0 Å². The van der Waals surface area contributed by atoms with Gasteiger partial charge in [0, 0.05) is 12.1 Å². The summed E-state index contributed by atoms with van der Waals surface area (Å²) in [7, 11) is 2.15. The maximum absolute atomic E-state index is 12.0. The second-order valence-corrected chi connectivity index (χ2v) is 6.07. The zero-order chi connectivity index (χ0) is 14.5. The van der Waals surface area contributed by atoms with E-state index in [1.807, 2.05) is 0 Å². The zero-order valence-corrected chi connectivity index (χ0v) is 13.0. The summed E-state index contributed by atoms with van der Waals surface area (Å²) in [6.45, 7) is 2.98. The third-order valence-corrected chi connectivity index (χ3v) is 4.09. The molecule has 110 valence electrons. The molecule has 2 rings (SSSR count). The highest BCUT2D eigenvalue weighted by Gasteiger charge is 2.16. The summed E-state index contributed by atoms with van der Waals surface area (Å²) in [5.74, 6) is 0.556. The van der Waals surface area contributed by atoms with Crippen LogP contribution in [0.4, 0.5) is 0 Å². The lowest BCUT2D eigenvalue weighted by Crippen LogP contribution is -2.32. The van der Waals surface area contributed by atoms with Crippen LogP contribution in [0.25, 0.3) is 0 Å². The summed E-state index contributed by atoms with van der Waals surface area (Å²) in [5.41, 5.74) is 0.457. The lowest BCUT2D eigenvalue weighted by Gasteiger charge is -2.28.